The number of piperazine rings is 1. The highest BCUT2D eigenvalue weighted by molar-refractivity contribution is 7.92. The minimum atomic E-state index is -3.90. The monoisotopic (exact) mass is 419 g/mol. The maximum Gasteiger partial charge on any atom is 0.335 e. The van der Waals surface area contributed by atoms with Crippen molar-refractivity contribution >= 4 is 27.4 Å². The first kappa shape index (κ1) is 20.9. The fourth-order valence-corrected chi connectivity index (χ4v) is 4.22. The average molecular weight is 420 g/mol. The summed E-state index contributed by atoms with van der Waals surface area (Å²) in [6, 6.07) is 10.6. The van der Waals surface area contributed by atoms with Crippen LogP contribution in [0.1, 0.15) is 17.3 Å². The molecular formula is C20H25N3O5S. The van der Waals surface area contributed by atoms with Crippen LogP contribution in [-0.4, -0.2) is 64.2 Å². The second-order valence-electron chi connectivity index (χ2n) is 6.84. The first-order valence-electron chi connectivity index (χ1n) is 9.36. The first-order chi connectivity index (χ1) is 13.8. The SMILES string of the molecule is CCOc1ccc(S(=O)(=O)Nc2cc(C(=O)O)ccc2N2CCN(C)CC2)cc1. The van der Waals surface area contributed by atoms with Crippen LogP contribution in [0.5, 0.6) is 5.75 Å². The van der Waals surface area contributed by atoms with E-state index in [-0.39, 0.29) is 16.1 Å². The molecule has 0 bridgehead atoms. The molecule has 1 fully saturated rings. The van der Waals surface area contributed by atoms with Crippen molar-refractivity contribution in [1.82, 2.24) is 4.90 Å². The molecule has 0 saturated carbocycles. The van der Waals surface area contributed by atoms with Crippen molar-refractivity contribution in [2.24, 2.45) is 0 Å². The number of carboxylic acids is 1. The van der Waals surface area contributed by atoms with Gasteiger partial charge in [-0.25, -0.2) is 13.2 Å². The molecule has 0 aromatic heterocycles. The summed E-state index contributed by atoms with van der Waals surface area (Å²) in [6.07, 6.45) is 0. The molecule has 9 heteroatoms. The number of rotatable bonds is 7. The lowest BCUT2D eigenvalue weighted by Crippen LogP contribution is -2.44. The van der Waals surface area contributed by atoms with Crippen molar-refractivity contribution < 1.29 is 23.1 Å². The highest BCUT2D eigenvalue weighted by Crippen LogP contribution is 2.30. The largest absolute Gasteiger partial charge is 0.494 e. The minimum Gasteiger partial charge on any atom is -0.494 e. The van der Waals surface area contributed by atoms with Gasteiger partial charge in [0.25, 0.3) is 10.0 Å². The molecule has 1 saturated heterocycles. The van der Waals surface area contributed by atoms with Crippen molar-refractivity contribution in [3.8, 4) is 5.75 Å². The first-order valence-corrected chi connectivity index (χ1v) is 10.8. The Morgan fingerprint density at radius 1 is 1.10 bits per heavy atom. The van der Waals surface area contributed by atoms with Crippen LogP contribution in [0.25, 0.3) is 0 Å². The molecule has 0 amide bonds. The predicted octanol–water partition coefficient (Wildman–Crippen LogP) is 2.34. The van der Waals surface area contributed by atoms with Crippen LogP contribution >= 0.6 is 0 Å². The number of aromatic carboxylic acids is 1. The van der Waals surface area contributed by atoms with E-state index in [9.17, 15) is 18.3 Å². The molecular weight excluding hydrogens is 394 g/mol. The molecule has 1 heterocycles. The molecule has 0 unspecified atom stereocenters. The number of nitrogens with zero attached hydrogens (tertiary/aromatic N) is 2. The van der Waals surface area contributed by atoms with E-state index in [1.807, 2.05) is 14.0 Å². The normalized spacial score (nSPS) is 15.2. The van der Waals surface area contributed by atoms with Crippen LogP contribution in [0.4, 0.5) is 11.4 Å². The van der Waals surface area contributed by atoms with Gasteiger partial charge >= 0.3 is 5.97 Å². The van der Waals surface area contributed by atoms with Gasteiger partial charge in [0.05, 0.1) is 28.4 Å². The number of hydrogen-bond acceptors (Lipinski definition) is 6. The summed E-state index contributed by atoms with van der Waals surface area (Å²) in [5.74, 6) is -0.533. The zero-order valence-corrected chi connectivity index (χ0v) is 17.3. The number of sulfonamides is 1. The van der Waals surface area contributed by atoms with E-state index in [4.69, 9.17) is 4.74 Å². The Kier molecular flexibility index (Phi) is 6.29. The molecule has 0 atom stereocenters. The van der Waals surface area contributed by atoms with Gasteiger partial charge in [-0.05, 0) is 56.4 Å². The Balaban J connectivity index is 1.92. The zero-order chi connectivity index (χ0) is 21.0. The fraction of sp³-hybridized carbons (Fsp3) is 0.350. The lowest BCUT2D eigenvalue weighted by Gasteiger charge is -2.35. The summed E-state index contributed by atoms with van der Waals surface area (Å²) in [6.45, 7) is 5.46. The van der Waals surface area contributed by atoms with Gasteiger partial charge < -0.3 is 19.6 Å². The summed E-state index contributed by atoms with van der Waals surface area (Å²) in [4.78, 5) is 15.7. The number of likely N-dealkylation sites (N-methyl/N-ethyl adjacent to an activating group) is 1. The molecule has 2 N–H and O–H groups in total. The molecule has 3 rings (SSSR count). The van der Waals surface area contributed by atoms with Gasteiger partial charge in [-0.15, -0.1) is 0 Å². The standard InChI is InChI=1S/C20H25N3O5S/c1-3-28-16-5-7-17(8-6-16)29(26,27)21-18-14-15(20(24)25)4-9-19(18)23-12-10-22(2)11-13-23/h4-9,14,21H,3,10-13H2,1-2H3,(H,24,25). The summed E-state index contributed by atoms with van der Waals surface area (Å²) in [5.41, 5.74) is 0.938. The smallest absolute Gasteiger partial charge is 0.335 e. The number of nitrogens with one attached hydrogen (secondary N) is 1. The van der Waals surface area contributed by atoms with E-state index >= 15 is 0 Å². The van der Waals surface area contributed by atoms with Gasteiger partial charge in [-0.2, -0.15) is 0 Å². The number of benzene rings is 2. The maximum atomic E-state index is 12.9. The number of anilines is 2. The van der Waals surface area contributed by atoms with Crippen molar-refractivity contribution in [2.45, 2.75) is 11.8 Å². The van der Waals surface area contributed by atoms with E-state index in [0.717, 1.165) is 26.2 Å². The van der Waals surface area contributed by atoms with E-state index in [1.54, 1.807) is 18.2 Å². The van der Waals surface area contributed by atoms with Gasteiger partial charge in [-0.3, -0.25) is 4.72 Å². The minimum absolute atomic E-state index is 0.0206. The van der Waals surface area contributed by atoms with Crippen molar-refractivity contribution in [1.29, 1.82) is 0 Å². The highest BCUT2D eigenvalue weighted by Gasteiger charge is 2.22. The molecule has 0 radical (unpaired) electrons. The van der Waals surface area contributed by atoms with Crippen molar-refractivity contribution in [3.05, 3.63) is 48.0 Å². The number of ether oxygens (including phenoxy) is 1. The third-order valence-corrected chi connectivity index (χ3v) is 6.16. The lowest BCUT2D eigenvalue weighted by molar-refractivity contribution is 0.0697. The van der Waals surface area contributed by atoms with Crippen LogP contribution in [0.2, 0.25) is 0 Å². The maximum absolute atomic E-state index is 12.9. The zero-order valence-electron chi connectivity index (χ0n) is 16.5. The second kappa shape index (κ2) is 8.71. The Labute approximate surface area is 170 Å². The Hall–Kier alpha value is -2.78. The van der Waals surface area contributed by atoms with Gasteiger partial charge in [0.15, 0.2) is 0 Å². The number of carbonyl (C=O) groups is 1. The van der Waals surface area contributed by atoms with Crippen LogP contribution < -0.4 is 14.4 Å². The van der Waals surface area contributed by atoms with Gasteiger partial charge in [-0.1, -0.05) is 0 Å². The fourth-order valence-electron chi connectivity index (χ4n) is 3.16. The van der Waals surface area contributed by atoms with Gasteiger partial charge in [0.1, 0.15) is 5.75 Å². The Bertz CT molecular complexity index is 968. The highest BCUT2D eigenvalue weighted by atomic mass is 32.2. The van der Waals surface area contributed by atoms with Gasteiger partial charge in [0, 0.05) is 26.2 Å². The third-order valence-electron chi connectivity index (χ3n) is 4.78. The van der Waals surface area contributed by atoms with Gasteiger partial charge in [0.2, 0.25) is 0 Å². The topological polar surface area (TPSA) is 99.2 Å². The third kappa shape index (κ3) is 4.99. The summed E-state index contributed by atoms with van der Waals surface area (Å²) in [7, 11) is -1.87. The van der Waals surface area contributed by atoms with Crippen LogP contribution in [0.15, 0.2) is 47.4 Å². The molecule has 2 aromatic rings. The Morgan fingerprint density at radius 3 is 2.34 bits per heavy atom. The van der Waals surface area contributed by atoms with E-state index < -0.39 is 16.0 Å². The number of carboxylic acid groups (broad SMARTS) is 1. The van der Waals surface area contributed by atoms with E-state index in [1.165, 1.54) is 24.3 Å². The van der Waals surface area contributed by atoms with E-state index in [0.29, 0.717) is 18.0 Å². The molecule has 156 valence electrons. The van der Waals surface area contributed by atoms with Crippen LogP contribution in [-0.2, 0) is 10.0 Å². The number of hydrogen-bond donors (Lipinski definition) is 2. The van der Waals surface area contributed by atoms with Crippen molar-refractivity contribution in [2.75, 3.05) is 49.5 Å². The second-order valence-corrected chi connectivity index (χ2v) is 8.52. The van der Waals surface area contributed by atoms with Crippen LogP contribution in [0, 0.1) is 0 Å². The molecule has 2 aromatic carbocycles. The average Bonchev–Trinajstić information content (AvgIpc) is 2.69. The predicted molar refractivity (Wildman–Crippen MR) is 112 cm³/mol. The Morgan fingerprint density at radius 2 is 1.76 bits per heavy atom. The van der Waals surface area contributed by atoms with Crippen LogP contribution in [0.3, 0.4) is 0 Å². The molecule has 0 aliphatic carbocycles. The quantitative estimate of drug-likeness (QED) is 0.711. The van der Waals surface area contributed by atoms with E-state index in [2.05, 4.69) is 14.5 Å². The molecule has 0 spiro atoms. The molecule has 8 nitrogen and oxygen atoms in total. The summed E-state index contributed by atoms with van der Waals surface area (Å²) in [5, 5.41) is 9.33. The van der Waals surface area contributed by atoms with Crippen molar-refractivity contribution in [3.63, 3.8) is 0 Å². The lowest BCUT2D eigenvalue weighted by atomic mass is 10.1. The summed E-state index contributed by atoms with van der Waals surface area (Å²) >= 11 is 0. The molecule has 1 aliphatic rings. The summed E-state index contributed by atoms with van der Waals surface area (Å²) < 4.78 is 33.7. The molecule has 1 aliphatic heterocycles. The molecule has 29 heavy (non-hydrogen) atoms.